The number of benzene rings is 1. The molecule has 0 atom stereocenters. The summed E-state index contributed by atoms with van der Waals surface area (Å²) >= 11 is 1.51. The molecule has 1 N–H and O–H groups in total. The summed E-state index contributed by atoms with van der Waals surface area (Å²) in [5.41, 5.74) is 1.37. The minimum absolute atomic E-state index is 0.231. The van der Waals surface area contributed by atoms with Gasteiger partial charge < -0.3 is 9.73 Å². The Bertz CT molecular complexity index is 690. The molecule has 3 rings (SSSR count). The Hall–Kier alpha value is -2.40. The van der Waals surface area contributed by atoms with E-state index < -0.39 is 0 Å². The number of nitrogens with zero attached hydrogens (tertiary/aromatic N) is 1. The Morgan fingerprint density at radius 3 is 2.80 bits per heavy atom. The smallest absolute Gasteiger partial charge is 0.274 e. The van der Waals surface area contributed by atoms with Crippen molar-refractivity contribution < 1.29 is 9.21 Å². The van der Waals surface area contributed by atoms with Crippen LogP contribution in [0.15, 0.2) is 58.7 Å². The molecule has 3 aromatic rings. The lowest BCUT2D eigenvalue weighted by atomic mass is 10.2. The summed E-state index contributed by atoms with van der Waals surface area (Å²) < 4.78 is 5.32. The third-order valence-corrected chi connectivity index (χ3v) is 3.69. The van der Waals surface area contributed by atoms with E-state index in [4.69, 9.17) is 4.42 Å². The van der Waals surface area contributed by atoms with Crippen molar-refractivity contribution in [2.24, 2.45) is 0 Å². The fourth-order valence-corrected chi connectivity index (χ4v) is 2.57. The van der Waals surface area contributed by atoms with Gasteiger partial charge >= 0.3 is 0 Å². The van der Waals surface area contributed by atoms with Gasteiger partial charge in [0.15, 0.2) is 17.8 Å². The average molecular weight is 284 g/mol. The lowest BCUT2D eigenvalue weighted by Gasteiger charge is -2.04. The predicted molar refractivity (Wildman–Crippen MR) is 77.4 cm³/mol. The van der Waals surface area contributed by atoms with Gasteiger partial charge in [-0.05, 0) is 17.0 Å². The third-order valence-electron chi connectivity index (χ3n) is 2.82. The first-order valence-electron chi connectivity index (χ1n) is 6.14. The fraction of sp³-hybridized carbons (Fsp3) is 0.0667. The van der Waals surface area contributed by atoms with E-state index in [1.54, 1.807) is 0 Å². The monoisotopic (exact) mass is 284 g/mol. The fourth-order valence-electron chi connectivity index (χ4n) is 1.85. The SMILES string of the molecule is O=C(NCc1ccccc1)c1ncoc1-c1cccs1. The van der Waals surface area contributed by atoms with Crippen LogP contribution in [-0.4, -0.2) is 10.9 Å². The molecule has 100 valence electrons. The molecule has 0 saturated carbocycles. The number of oxazole rings is 1. The average Bonchev–Trinajstić information content (AvgIpc) is 3.15. The summed E-state index contributed by atoms with van der Waals surface area (Å²) in [5, 5.41) is 4.78. The van der Waals surface area contributed by atoms with Crippen molar-refractivity contribution in [2.75, 3.05) is 0 Å². The number of nitrogens with one attached hydrogen (secondary N) is 1. The lowest BCUT2D eigenvalue weighted by Crippen LogP contribution is -2.23. The van der Waals surface area contributed by atoms with E-state index in [1.165, 1.54) is 17.7 Å². The molecule has 1 amide bonds. The van der Waals surface area contributed by atoms with Gasteiger partial charge in [-0.3, -0.25) is 4.79 Å². The second kappa shape index (κ2) is 5.71. The largest absolute Gasteiger partial charge is 0.442 e. The Morgan fingerprint density at radius 1 is 1.20 bits per heavy atom. The number of rotatable bonds is 4. The molecular formula is C15H12N2O2S. The van der Waals surface area contributed by atoms with Gasteiger partial charge in [0.25, 0.3) is 5.91 Å². The molecule has 20 heavy (non-hydrogen) atoms. The van der Waals surface area contributed by atoms with Gasteiger partial charge in [-0.15, -0.1) is 11.3 Å². The summed E-state index contributed by atoms with van der Waals surface area (Å²) in [6, 6.07) is 13.6. The molecule has 0 aliphatic carbocycles. The van der Waals surface area contributed by atoms with Crippen molar-refractivity contribution in [3.63, 3.8) is 0 Å². The van der Waals surface area contributed by atoms with Crippen molar-refractivity contribution in [1.29, 1.82) is 0 Å². The summed E-state index contributed by atoms with van der Waals surface area (Å²) in [4.78, 5) is 17.1. The van der Waals surface area contributed by atoms with E-state index in [9.17, 15) is 4.79 Å². The van der Waals surface area contributed by atoms with Gasteiger partial charge in [0, 0.05) is 6.54 Å². The maximum absolute atomic E-state index is 12.2. The minimum atomic E-state index is -0.231. The summed E-state index contributed by atoms with van der Waals surface area (Å²) in [6.45, 7) is 0.469. The van der Waals surface area contributed by atoms with Crippen LogP contribution in [0.3, 0.4) is 0 Å². The van der Waals surface area contributed by atoms with Crippen LogP contribution in [0.25, 0.3) is 10.6 Å². The van der Waals surface area contributed by atoms with E-state index >= 15 is 0 Å². The van der Waals surface area contributed by atoms with Crippen LogP contribution in [0.1, 0.15) is 16.1 Å². The van der Waals surface area contributed by atoms with E-state index in [-0.39, 0.29) is 5.91 Å². The predicted octanol–water partition coefficient (Wildman–Crippen LogP) is 3.33. The highest BCUT2D eigenvalue weighted by molar-refractivity contribution is 7.13. The Morgan fingerprint density at radius 2 is 2.05 bits per heavy atom. The van der Waals surface area contributed by atoms with Crippen molar-refractivity contribution in [2.45, 2.75) is 6.54 Å². The molecular weight excluding hydrogens is 272 g/mol. The van der Waals surface area contributed by atoms with Gasteiger partial charge in [0.05, 0.1) is 4.88 Å². The van der Waals surface area contributed by atoms with Gasteiger partial charge in [0.1, 0.15) is 0 Å². The van der Waals surface area contributed by atoms with Gasteiger partial charge in [-0.25, -0.2) is 4.98 Å². The first-order chi connectivity index (χ1) is 9.84. The van der Waals surface area contributed by atoms with E-state index in [2.05, 4.69) is 10.3 Å². The van der Waals surface area contributed by atoms with Crippen LogP contribution >= 0.6 is 11.3 Å². The number of carbonyl (C=O) groups is 1. The van der Waals surface area contributed by atoms with Crippen LogP contribution in [-0.2, 0) is 6.54 Å². The molecule has 0 saturated heterocycles. The van der Waals surface area contributed by atoms with E-state index in [1.807, 2.05) is 47.8 Å². The molecule has 0 spiro atoms. The molecule has 2 aromatic heterocycles. The van der Waals surface area contributed by atoms with Gasteiger partial charge in [-0.2, -0.15) is 0 Å². The molecule has 4 nitrogen and oxygen atoms in total. The highest BCUT2D eigenvalue weighted by Crippen LogP contribution is 2.27. The lowest BCUT2D eigenvalue weighted by molar-refractivity contribution is 0.0947. The molecule has 2 heterocycles. The number of aromatic nitrogens is 1. The number of thiophene rings is 1. The number of carbonyl (C=O) groups excluding carboxylic acids is 1. The highest BCUT2D eigenvalue weighted by Gasteiger charge is 2.18. The maximum Gasteiger partial charge on any atom is 0.274 e. The quantitative estimate of drug-likeness (QED) is 0.799. The number of hydrogen-bond acceptors (Lipinski definition) is 4. The summed E-state index contributed by atoms with van der Waals surface area (Å²) in [7, 11) is 0. The normalized spacial score (nSPS) is 10.4. The highest BCUT2D eigenvalue weighted by atomic mass is 32.1. The van der Waals surface area contributed by atoms with Crippen molar-refractivity contribution in [3.05, 3.63) is 65.5 Å². The Labute approximate surface area is 120 Å². The minimum Gasteiger partial charge on any atom is -0.442 e. The zero-order chi connectivity index (χ0) is 13.8. The van der Waals surface area contributed by atoms with E-state index in [0.717, 1.165) is 10.4 Å². The van der Waals surface area contributed by atoms with Gasteiger partial charge in [0.2, 0.25) is 0 Å². The van der Waals surface area contributed by atoms with Crippen molar-refractivity contribution in [3.8, 4) is 10.6 Å². The molecule has 0 unspecified atom stereocenters. The standard InChI is InChI=1S/C15H12N2O2S/c18-15(16-9-11-5-2-1-3-6-11)13-14(19-10-17-13)12-7-4-8-20-12/h1-8,10H,9H2,(H,16,18). The van der Waals surface area contributed by atoms with Crippen LogP contribution in [0.5, 0.6) is 0 Å². The summed E-state index contributed by atoms with van der Waals surface area (Å²) in [5.74, 6) is 0.288. The zero-order valence-corrected chi connectivity index (χ0v) is 11.4. The number of amides is 1. The van der Waals surface area contributed by atoms with Gasteiger partial charge in [-0.1, -0.05) is 36.4 Å². The number of hydrogen-bond donors (Lipinski definition) is 1. The molecule has 0 aliphatic heterocycles. The third kappa shape index (κ3) is 2.62. The van der Waals surface area contributed by atoms with Crippen LogP contribution in [0.2, 0.25) is 0 Å². The molecule has 0 fully saturated rings. The second-order valence-electron chi connectivity index (χ2n) is 4.18. The second-order valence-corrected chi connectivity index (χ2v) is 5.12. The van der Waals surface area contributed by atoms with Crippen LogP contribution < -0.4 is 5.32 Å². The molecule has 0 bridgehead atoms. The zero-order valence-electron chi connectivity index (χ0n) is 10.6. The first-order valence-corrected chi connectivity index (χ1v) is 7.02. The topological polar surface area (TPSA) is 55.1 Å². The van der Waals surface area contributed by atoms with Crippen molar-refractivity contribution >= 4 is 17.2 Å². The molecule has 5 heteroatoms. The molecule has 0 aliphatic rings. The van der Waals surface area contributed by atoms with Crippen LogP contribution in [0, 0.1) is 0 Å². The van der Waals surface area contributed by atoms with Crippen molar-refractivity contribution in [1.82, 2.24) is 10.3 Å². The Kier molecular flexibility index (Phi) is 3.60. The first kappa shape index (κ1) is 12.6. The Balaban J connectivity index is 1.74. The molecule has 1 aromatic carbocycles. The van der Waals surface area contributed by atoms with E-state index in [0.29, 0.717) is 18.0 Å². The molecule has 0 radical (unpaired) electrons. The maximum atomic E-state index is 12.2. The van der Waals surface area contributed by atoms with Crippen LogP contribution in [0.4, 0.5) is 0 Å². The summed E-state index contributed by atoms with van der Waals surface area (Å²) in [6.07, 6.45) is 1.30.